The molecular formula is C12H12N2O6. The van der Waals surface area contributed by atoms with Crippen LogP contribution in [0.25, 0.3) is 0 Å². The van der Waals surface area contributed by atoms with Gasteiger partial charge in [0.2, 0.25) is 5.91 Å². The van der Waals surface area contributed by atoms with Gasteiger partial charge in [-0.3, -0.25) is 14.9 Å². The molecule has 1 atom stereocenters. The second-order valence-corrected chi connectivity index (χ2v) is 4.35. The van der Waals surface area contributed by atoms with Crippen molar-refractivity contribution in [1.82, 2.24) is 0 Å². The fraction of sp³-hybridized carbons (Fsp3) is 0.333. The maximum Gasteiger partial charge on any atom is 0.338 e. The number of aliphatic hydroxyl groups excluding tert-OH is 1. The third kappa shape index (κ3) is 2.59. The van der Waals surface area contributed by atoms with Crippen molar-refractivity contribution in [3.63, 3.8) is 0 Å². The van der Waals surface area contributed by atoms with E-state index in [0.29, 0.717) is 0 Å². The molecule has 1 aliphatic rings. The van der Waals surface area contributed by atoms with Crippen LogP contribution in [0.15, 0.2) is 18.2 Å². The van der Waals surface area contributed by atoms with Crippen molar-refractivity contribution in [3.05, 3.63) is 33.9 Å². The minimum Gasteiger partial charge on any atom is -0.465 e. The molecular weight excluding hydrogens is 268 g/mol. The van der Waals surface area contributed by atoms with Crippen LogP contribution in [0.2, 0.25) is 0 Å². The smallest absolute Gasteiger partial charge is 0.338 e. The molecule has 0 bridgehead atoms. The fourth-order valence-electron chi connectivity index (χ4n) is 2.03. The first-order chi connectivity index (χ1) is 9.42. The first kappa shape index (κ1) is 13.9. The lowest BCUT2D eigenvalue weighted by atomic mass is 10.1. The van der Waals surface area contributed by atoms with Crippen LogP contribution in [0.1, 0.15) is 16.8 Å². The number of esters is 1. The van der Waals surface area contributed by atoms with Gasteiger partial charge in [-0.1, -0.05) is 0 Å². The van der Waals surface area contributed by atoms with E-state index in [9.17, 15) is 24.8 Å². The van der Waals surface area contributed by atoms with E-state index >= 15 is 0 Å². The Hall–Kier alpha value is -2.48. The summed E-state index contributed by atoms with van der Waals surface area (Å²) in [6, 6.07) is 3.59. The Morgan fingerprint density at radius 3 is 2.70 bits per heavy atom. The zero-order valence-electron chi connectivity index (χ0n) is 10.6. The predicted octanol–water partition coefficient (Wildman–Crippen LogP) is 0.479. The summed E-state index contributed by atoms with van der Waals surface area (Å²) in [6.07, 6.45) is -0.862. The second kappa shape index (κ2) is 5.25. The van der Waals surface area contributed by atoms with Crippen LogP contribution in [-0.2, 0) is 9.53 Å². The SMILES string of the molecule is COC(=O)c1cc(N2CC(O)CC2=O)cc([N+](=O)[O-])c1. The molecule has 1 aromatic carbocycles. The summed E-state index contributed by atoms with van der Waals surface area (Å²) in [5.41, 5.74) is -0.149. The van der Waals surface area contributed by atoms with Gasteiger partial charge in [0, 0.05) is 12.1 Å². The number of benzene rings is 1. The number of ether oxygens (including phenoxy) is 1. The number of methoxy groups -OCH3 is 1. The Morgan fingerprint density at radius 2 is 2.20 bits per heavy atom. The van der Waals surface area contributed by atoms with Crippen LogP contribution in [0.3, 0.4) is 0 Å². The molecule has 106 valence electrons. The molecule has 20 heavy (non-hydrogen) atoms. The number of non-ortho nitro benzene ring substituents is 1. The number of carbonyl (C=O) groups excluding carboxylic acids is 2. The molecule has 1 unspecified atom stereocenters. The molecule has 1 heterocycles. The Bertz CT molecular complexity index is 585. The highest BCUT2D eigenvalue weighted by molar-refractivity contribution is 5.98. The van der Waals surface area contributed by atoms with Gasteiger partial charge >= 0.3 is 5.97 Å². The highest BCUT2D eigenvalue weighted by Crippen LogP contribution is 2.28. The van der Waals surface area contributed by atoms with E-state index in [1.54, 1.807) is 0 Å². The van der Waals surface area contributed by atoms with Gasteiger partial charge in [0.05, 0.1) is 42.4 Å². The summed E-state index contributed by atoms with van der Waals surface area (Å²) in [7, 11) is 1.16. The number of β-amino-alcohol motifs (C(OH)–C–C–N with tert-alkyl or cyclic N) is 1. The first-order valence-electron chi connectivity index (χ1n) is 5.78. The summed E-state index contributed by atoms with van der Waals surface area (Å²) in [5, 5.41) is 20.3. The quantitative estimate of drug-likeness (QED) is 0.490. The van der Waals surface area contributed by atoms with E-state index in [4.69, 9.17) is 0 Å². The zero-order valence-corrected chi connectivity index (χ0v) is 10.6. The van der Waals surface area contributed by atoms with Crippen molar-refractivity contribution in [3.8, 4) is 0 Å². The van der Waals surface area contributed by atoms with E-state index in [1.165, 1.54) is 17.0 Å². The van der Waals surface area contributed by atoms with Crippen molar-refractivity contribution in [2.24, 2.45) is 0 Å². The van der Waals surface area contributed by atoms with Gasteiger partial charge in [-0.05, 0) is 6.07 Å². The summed E-state index contributed by atoms with van der Waals surface area (Å²) < 4.78 is 4.52. The number of carbonyl (C=O) groups is 2. The first-order valence-corrected chi connectivity index (χ1v) is 5.78. The Morgan fingerprint density at radius 1 is 1.50 bits per heavy atom. The molecule has 1 amide bonds. The average molecular weight is 280 g/mol. The Kier molecular flexibility index (Phi) is 3.66. The molecule has 8 nitrogen and oxygen atoms in total. The number of amides is 1. The Labute approximate surface area is 113 Å². The van der Waals surface area contributed by atoms with Crippen molar-refractivity contribution >= 4 is 23.3 Å². The molecule has 0 aliphatic carbocycles. The summed E-state index contributed by atoms with van der Waals surface area (Å²) in [5.74, 6) is -1.09. The van der Waals surface area contributed by atoms with Gasteiger partial charge in [0.15, 0.2) is 0 Å². The predicted molar refractivity (Wildman–Crippen MR) is 67.4 cm³/mol. The number of hydrogen-bond acceptors (Lipinski definition) is 6. The largest absolute Gasteiger partial charge is 0.465 e. The number of aliphatic hydroxyl groups is 1. The van der Waals surface area contributed by atoms with Crippen LogP contribution in [0.4, 0.5) is 11.4 Å². The van der Waals surface area contributed by atoms with Crippen LogP contribution < -0.4 is 4.90 Å². The molecule has 1 N–H and O–H groups in total. The van der Waals surface area contributed by atoms with Crippen molar-refractivity contribution < 1.29 is 24.4 Å². The maximum atomic E-state index is 11.7. The lowest BCUT2D eigenvalue weighted by Gasteiger charge is -2.16. The number of rotatable bonds is 3. The van der Waals surface area contributed by atoms with Gasteiger partial charge in [-0.25, -0.2) is 4.79 Å². The molecule has 0 aromatic heterocycles. The summed E-state index contributed by atoms with van der Waals surface area (Å²) in [6.45, 7) is 0.0423. The van der Waals surface area contributed by atoms with Gasteiger partial charge in [0.1, 0.15) is 0 Å². The van der Waals surface area contributed by atoms with Crippen LogP contribution in [0, 0.1) is 10.1 Å². The maximum absolute atomic E-state index is 11.7. The lowest BCUT2D eigenvalue weighted by Crippen LogP contribution is -2.25. The molecule has 8 heteroatoms. The third-order valence-corrected chi connectivity index (χ3v) is 2.95. The monoisotopic (exact) mass is 280 g/mol. The molecule has 2 rings (SSSR count). The van der Waals surface area contributed by atoms with Gasteiger partial charge < -0.3 is 14.7 Å². The molecule has 0 radical (unpaired) electrons. The van der Waals surface area contributed by atoms with Gasteiger partial charge in [-0.15, -0.1) is 0 Å². The number of nitro groups is 1. The number of nitro benzene ring substituents is 1. The molecule has 1 fully saturated rings. The van der Waals surface area contributed by atoms with E-state index in [-0.39, 0.29) is 35.8 Å². The van der Waals surface area contributed by atoms with Gasteiger partial charge in [0.25, 0.3) is 5.69 Å². The summed E-state index contributed by atoms with van der Waals surface area (Å²) in [4.78, 5) is 34.6. The number of hydrogen-bond donors (Lipinski definition) is 1. The van der Waals surface area contributed by atoms with E-state index in [2.05, 4.69) is 4.74 Å². The topological polar surface area (TPSA) is 110 Å². The molecule has 1 saturated heterocycles. The molecule has 0 saturated carbocycles. The van der Waals surface area contributed by atoms with Gasteiger partial charge in [-0.2, -0.15) is 0 Å². The molecule has 1 aliphatic heterocycles. The normalized spacial score (nSPS) is 18.2. The molecule has 1 aromatic rings. The highest BCUT2D eigenvalue weighted by atomic mass is 16.6. The van der Waals surface area contributed by atoms with Crippen molar-refractivity contribution in [2.75, 3.05) is 18.6 Å². The number of anilines is 1. The minimum absolute atomic E-state index is 0.0223. The third-order valence-electron chi connectivity index (χ3n) is 2.95. The standard InChI is InChI=1S/C12H12N2O6/c1-20-12(17)7-2-8(4-9(3-7)14(18)19)13-6-10(15)5-11(13)16/h2-4,10,15H,5-6H2,1H3. The van der Waals surface area contributed by atoms with Crippen LogP contribution in [-0.4, -0.2) is 41.7 Å². The van der Waals surface area contributed by atoms with E-state index in [0.717, 1.165) is 13.2 Å². The zero-order chi connectivity index (χ0) is 14.9. The lowest BCUT2D eigenvalue weighted by molar-refractivity contribution is -0.384. The fourth-order valence-corrected chi connectivity index (χ4v) is 2.03. The van der Waals surface area contributed by atoms with E-state index < -0.39 is 17.0 Å². The van der Waals surface area contributed by atoms with Crippen molar-refractivity contribution in [1.29, 1.82) is 0 Å². The van der Waals surface area contributed by atoms with Crippen molar-refractivity contribution in [2.45, 2.75) is 12.5 Å². The average Bonchev–Trinajstić information content (AvgIpc) is 2.76. The van der Waals surface area contributed by atoms with Crippen LogP contribution in [0.5, 0.6) is 0 Å². The van der Waals surface area contributed by atoms with E-state index in [1.807, 2.05) is 0 Å². The molecule has 0 spiro atoms. The second-order valence-electron chi connectivity index (χ2n) is 4.35. The van der Waals surface area contributed by atoms with Crippen LogP contribution >= 0.6 is 0 Å². The summed E-state index contributed by atoms with van der Waals surface area (Å²) >= 11 is 0. The minimum atomic E-state index is -0.816. The highest BCUT2D eigenvalue weighted by Gasteiger charge is 2.30. The Balaban J connectivity index is 2.47. The number of nitrogens with zero attached hydrogens (tertiary/aromatic N) is 2.